The van der Waals surface area contributed by atoms with Crippen molar-refractivity contribution in [2.24, 2.45) is 5.73 Å². The van der Waals surface area contributed by atoms with Gasteiger partial charge in [-0.2, -0.15) is 0 Å². The lowest BCUT2D eigenvalue weighted by Gasteiger charge is -2.50. The molecule has 2 atom stereocenters. The summed E-state index contributed by atoms with van der Waals surface area (Å²) in [5, 5.41) is -0.682. The molecule has 0 aromatic carbocycles. The van der Waals surface area contributed by atoms with Gasteiger partial charge in [-0.25, -0.2) is 0 Å². The highest BCUT2D eigenvalue weighted by molar-refractivity contribution is 6.82. The van der Waals surface area contributed by atoms with E-state index < -0.39 is 21.7 Å². The summed E-state index contributed by atoms with van der Waals surface area (Å²) < 4.78 is 29.2. The van der Waals surface area contributed by atoms with Gasteiger partial charge in [-0.05, 0) is 46.3 Å². The van der Waals surface area contributed by atoms with Crippen molar-refractivity contribution >= 4 is 16.4 Å². The second-order valence-corrected chi connectivity index (χ2v) is 19.3. The Labute approximate surface area is 193 Å². The van der Waals surface area contributed by atoms with E-state index in [1.807, 2.05) is 26.0 Å². The lowest BCUT2D eigenvalue weighted by Crippen LogP contribution is -2.66. The molecule has 6 nitrogen and oxygen atoms in total. The molecule has 0 bridgehead atoms. The van der Waals surface area contributed by atoms with Crippen molar-refractivity contribution in [3.8, 4) is 0 Å². The summed E-state index contributed by atoms with van der Waals surface area (Å²) in [6, 6.07) is 0.940. The van der Waals surface area contributed by atoms with Crippen LogP contribution in [0.25, 0.3) is 0 Å². The fraction of sp³-hybridized carbons (Fsp3) is 0.826. The summed E-state index contributed by atoms with van der Waals surface area (Å²) in [5.41, 5.74) is 6.84. The minimum atomic E-state index is -2.19. The van der Waals surface area contributed by atoms with Gasteiger partial charge in [0, 0.05) is 11.6 Å². The van der Waals surface area contributed by atoms with E-state index in [1.54, 1.807) is 12.5 Å². The van der Waals surface area contributed by atoms with Crippen LogP contribution in [0.15, 0.2) is 24.7 Å². The second kappa shape index (κ2) is 14.5. The summed E-state index contributed by atoms with van der Waals surface area (Å²) in [6.07, 6.45) is 8.09. The van der Waals surface area contributed by atoms with Gasteiger partial charge >= 0.3 is 0 Å². The highest BCUT2D eigenvalue weighted by Gasteiger charge is 2.51. The van der Waals surface area contributed by atoms with Crippen LogP contribution >= 0.6 is 0 Å². The van der Waals surface area contributed by atoms with E-state index in [9.17, 15) is 0 Å². The smallest absolute Gasteiger partial charge is 0.196 e. The van der Waals surface area contributed by atoms with Crippen molar-refractivity contribution in [1.82, 2.24) is 0 Å². The van der Waals surface area contributed by atoms with Crippen molar-refractivity contribution in [2.45, 2.75) is 83.7 Å². The van der Waals surface area contributed by atoms with Crippen molar-refractivity contribution in [3.05, 3.63) is 24.7 Å². The first-order valence-corrected chi connectivity index (χ1v) is 17.6. The van der Waals surface area contributed by atoms with Gasteiger partial charge in [0.1, 0.15) is 21.3 Å². The van der Waals surface area contributed by atoms with Crippen LogP contribution in [0, 0.1) is 0 Å². The SMILES string of the molecule is C/C=C/OCCOCC[Si](C)(C)C(C)(N)O[Si](C)(C)C(C)(CC)COCCO/C=C/C. The van der Waals surface area contributed by atoms with Crippen LogP contribution in [0.2, 0.25) is 37.3 Å². The van der Waals surface area contributed by atoms with Crippen LogP contribution in [0.4, 0.5) is 0 Å². The molecule has 2 unspecified atom stereocenters. The number of ether oxygens (including phenoxy) is 4. The molecule has 0 saturated heterocycles. The Morgan fingerprint density at radius 1 is 0.806 bits per heavy atom. The van der Waals surface area contributed by atoms with Gasteiger partial charge in [0.05, 0.1) is 37.7 Å². The van der Waals surface area contributed by atoms with Crippen LogP contribution in [-0.2, 0) is 23.4 Å². The van der Waals surface area contributed by atoms with E-state index in [-0.39, 0.29) is 5.04 Å². The molecule has 0 saturated carbocycles. The predicted octanol–water partition coefficient (Wildman–Crippen LogP) is 5.43. The Hall–Kier alpha value is -0.646. The zero-order chi connectivity index (χ0) is 24.0. The van der Waals surface area contributed by atoms with E-state index in [2.05, 4.69) is 47.0 Å². The third kappa shape index (κ3) is 10.7. The first-order valence-electron chi connectivity index (χ1n) is 11.5. The fourth-order valence-electron chi connectivity index (χ4n) is 3.01. The van der Waals surface area contributed by atoms with Gasteiger partial charge in [-0.15, -0.1) is 0 Å². The van der Waals surface area contributed by atoms with Gasteiger partial charge in [0.15, 0.2) is 8.32 Å². The number of allylic oxidation sites excluding steroid dienone is 2. The molecule has 0 spiro atoms. The standard InChI is InChI=1S/C23H49NO5Si2/c1-10-13-25-15-16-27-19-20-30(6,7)23(5,24)29-31(8,9)22(4,12-3)21-28-18-17-26-14-11-2/h10-11,13-14H,12,15-21,24H2,1-9H3/b13-10+,14-11+. The average molecular weight is 476 g/mol. The maximum absolute atomic E-state index is 6.84. The third-order valence-electron chi connectivity index (χ3n) is 6.49. The van der Waals surface area contributed by atoms with E-state index >= 15 is 0 Å². The molecule has 0 amide bonds. The summed E-state index contributed by atoms with van der Waals surface area (Å²) in [6.45, 7) is 23.1. The molecular formula is C23H49NO5Si2. The molecule has 0 aliphatic carbocycles. The fourth-order valence-corrected chi connectivity index (χ4v) is 8.64. The largest absolute Gasteiger partial charge is 0.499 e. The molecule has 31 heavy (non-hydrogen) atoms. The zero-order valence-electron chi connectivity index (χ0n) is 21.6. The van der Waals surface area contributed by atoms with Crippen LogP contribution in [0.5, 0.6) is 0 Å². The van der Waals surface area contributed by atoms with Crippen LogP contribution in [-0.4, -0.2) is 61.4 Å². The molecule has 8 heteroatoms. The molecule has 0 aromatic heterocycles. The Morgan fingerprint density at radius 3 is 1.81 bits per heavy atom. The second-order valence-electron chi connectivity index (χ2n) is 9.61. The van der Waals surface area contributed by atoms with Crippen molar-refractivity contribution in [2.75, 3.05) is 39.6 Å². The molecular weight excluding hydrogens is 426 g/mol. The van der Waals surface area contributed by atoms with Crippen LogP contribution < -0.4 is 5.73 Å². The maximum Gasteiger partial charge on any atom is 0.196 e. The average Bonchev–Trinajstić information content (AvgIpc) is 2.68. The first kappa shape index (κ1) is 30.4. The minimum absolute atomic E-state index is 0.0423. The van der Waals surface area contributed by atoms with Crippen molar-refractivity contribution in [1.29, 1.82) is 0 Å². The molecule has 0 rings (SSSR count). The summed E-state index contributed by atoms with van der Waals surface area (Å²) in [4.78, 5) is 0. The molecule has 0 aliphatic rings. The van der Waals surface area contributed by atoms with E-state index in [0.717, 1.165) is 12.5 Å². The Bertz CT molecular complexity index is 538. The Morgan fingerprint density at radius 2 is 1.32 bits per heavy atom. The first-order chi connectivity index (χ1) is 14.4. The number of hydrogen-bond acceptors (Lipinski definition) is 6. The quantitative estimate of drug-likeness (QED) is 0.123. The normalized spacial score (nSPS) is 17.1. The highest BCUT2D eigenvalue weighted by Crippen LogP contribution is 2.44. The third-order valence-corrected chi connectivity index (χ3v) is 15.3. The minimum Gasteiger partial charge on any atom is -0.499 e. The summed E-state index contributed by atoms with van der Waals surface area (Å²) >= 11 is 0. The molecule has 0 aliphatic heterocycles. The van der Waals surface area contributed by atoms with E-state index in [0.29, 0.717) is 39.6 Å². The molecule has 184 valence electrons. The monoisotopic (exact) mass is 475 g/mol. The van der Waals surface area contributed by atoms with Gasteiger partial charge in [-0.3, -0.25) is 0 Å². The van der Waals surface area contributed by atoms with Gasteiger partial charge in [-0.1, -0.05) is 39.1 Å². The van der Waals surface area contributed by atoms with Crippen molar-refractivity contribution in [3.63, 3.8) is 0 Å². The lowest BCUT2D eigenvalue weighted by atomic mass is 10.1. The highest BCUT2D eigenvalue weighted by atomic mass is 28.4. The number of rotatable bonds is 18. The van der Waals surface area contributed by atoms with Gasteiger partial charge < -0.3 is 29.1 Å². The molecule has 2 N–H and O–H groups in total. The van der Waals surface area contributed by atoms with Crippen LogP contribution in [0.1, 0.15) is 41.0 Å². The molecule has 0 fully saturated rings. The lowest BCUT2D eigenvalue weighted by molar-refractivity contribution is 0.0559. The molecule has 0 radical (unpaired) electrons. The topological polar surface area (TPSA) is 72.2 Å². The molecule has 0 aromatic rings. The van der Waals surface area contributed by atoms with Gasteiger partial charge in [0.2, 0.25) is 0 Å². The van der Waals surface area contributed by atoms with Crippen molar-refractivity contribution < 1.29 is 23.4 Å². The van der Waals surface area contributed by atoms with E-state index in [1.165, 1.54) is 0 Å². The number of hydrogen-bond donors (Lipinski definition) is 1. The van der Waals surface area contributed by atoms with Gasteiger partial charge in [0.25, 0.3) is 0 Å². The number of nitrogens with two attached hydrogens (primary N) is 1. The summed E-state index contributed by atoms with van der Waals surface area (Å²) in [7, 11) is -4.10. The Balaban J connectivity index is 4.82. The molecule has 0 heterocycles. The zero-order valence-corrected chi connectivity index (χ0v) is 23.6. The maximum atomic E-state index is 6.84. The van der Waals surface area contributed by atoms with E-state index in [4.69, 9.17) is 29.1 Å². The van der Waals surface area contributed by atoms with Crippen LogP contribution in [0.3, 0.4) is 0 Å². The summed E-state index contributed by atoms with van der Waals surface area (Å²) in [5.74, 6) is 0. The Kier molecular flexibility index (Phi) is 14.2. The predicted molar refractivity (Wildman–Crippen MR) is 135 cm³/mol.